The van der Waals surface area contributed by atoms with Crippen LogP contribution < -0.4 is 19.9 Å². The maximum atomic E-state index is 12.2. The molecule has 0 radical (unpaired) electrons. The van der Waals surface area contributed by atoms with E-state index in [1.54, 1.807) is 39.0 Å². The summed E-state index contributed by atoms with van der Waals surface area (Å²) in [5, 5.41) is 12.7. The largest absolute Gasteiger partial charge is 0.493 e. The van der Waals surface area contributed by atoms with Crippen LogP contribution in [0.15, 0.2) is 42.5 Å². The lowest BCUT2D eigenvalue weighted by Crippen LogP contribution is -2.25. The summed E-state index contributed by atoms with van der Waals surface area (Å²) in [7, 11) is 1.51. The number of carbonyl (C=O) groups excluding carboxylic acids is 1. The molecule has 0 saturated heterocycles. The van der Waals surface area contributed by atoms with Gasteiger partial charge >= 0.3 is 5.97 Å². The van der Waals surface area contributed by atoms with Crippen LogP contribution in [-0.4, -0.2) is 46.4 Å². The third kappa shape index (κ3) is 6.41. The molecule has 3 rings (SSSR count). The third-order valence-electron chi connectivity index (χ3n) is 4.30. The lowest BCUT2D eigenvalue weighted by Gasteiger charge is -2.17. The number of esters is 1. The van der Waals surface area contributed by atoms with Crippen molar-refractivity contribution in [3.05, 3.63) is 48.0 Å². The minimum absolute atomic E-state index is 0. The molecule has 0 atom stereocenters. The van der Waals surface area contributed by atoms with Crippen molar-refractivity contribution in [2.24, 2.45) is 11.1 Å². The average molecular weight is 462 g/mol. The van der Waals surface area contributed by atoms with Gasteiger partial charge in [-0.3, -0.25) is 4.79 Å². The van der Waals surface area contributed by atoms with Gasteiger partial charge in [0.05, 0.1) is 19.1 Å². The molecule has 0 spiro atoms. The van der Waals surface area contributed by atoms with E-state index in [1.165, 1.54) is 11.9 Å². The van der Waals surface area contributed by atoms with E-state index in [-0.39, 0.29) is 18.4 Å². The van der Waals surface area contributed by atoms with Gasteiger partial charge in [0.2, 0.25) is 5.82 Å². The van der Waals surface area contributed by atoms with Crippen molar-refractivity contribution in [2.75, 3.05) is 20.3 Å². The molecule has 0 aliphatic rings. The first-order valence-electron chi connectivity index (χ1n) is 9.90. The predicted octanol–water partition coefficient (Wildman–Crippen LogP) is 3.11. The molecule has 1 heterocycles. The number of hydrogen-bond acceptors (Lipinski definition) is 8. The Kier molecular flexibility index (Phi) is 8.56. The van der Waals surface area contributed by atoms with Crippen LogP contribution in [0.2, 0.25) is 0 Å². The van der Waals surface area contributed by atoms with Crippen molar-refractivity contribution in [3.8, 4) is 28.6 Å². The smallest absolute Gasteiger partial charge is 0.316 e. The highest BCUT2D eigenvalue weighted by Crippen LogP contribution is 2.32. The highest BCUT2D eigenvalue weighted by atomic mass is 35.5. The second kappa shape index (κ2) is 10.9. The van der Waals surface area contributed by atoms with Crippen LogP contribution in [0, 0.1) is 5.41 Å². The quantitative estimate of drug-likeness (QED) is 0.402. The van der Waals surface area contributed by atoms with Crippen LogP contribution in [0.25, 0.3) is 11.4 Å². The van der Waals surface area contributed by atoms with Gasteiger partial charge in [0.1, 0.15) is 12.4 Å². The number of rotatable bonds is 8. The maximum Gasteiger partial charge on any atom is 0.316 e. The van der Waals surface area contributed by atoms with Crippen molar-refractivity contribution in [1.82, 2.24) is 20.2 Å². The van der Waals surface area contributed by atoms with E-state index in [2.05, 4.69) is 15.4 Å². The Morgan fingerprint density at radius 1 is 1.12 bits per heavy atom. The van der Waals surface area contributed by atoms with E-state index < -0.39 is 5.41 Å². The molecule has 10 heteroatoms. The summed E-state index contributed by atoms with van der Waals surface area (Å²) in [4.78, 5) is 13.7. The molecule has 0 saturated carbocycles. The van der Waals surface area contributed by atoms with Gasteiger partial charge in [0.25, 0.3) is 0 Å². The number of halogens is 1. The molecule has 0 unspecified atom stereocenters. The number of carbonyl (C=O) groups is 1. The fraction of sp³-hybridized carbons (Fsp3) is 0.364. The first kappa shape index (κ1) is 25.1. The van der Waals surface area contributed by atoms with E-state index >= 15 is 0 Å². The van der Waals surface area contributed by atoms with Crippen LogP contribution in [0.1, 0.15) is 26.3 Å². The van der Waals surface area contributed by atoms with Gasteiger partial charge in [0.15, 0.2) is 11.5 Å². The fourth-order valence-electron chi connectivity index (χ4n) is 2.64. The predicted molar refractivity (Wildman–Crippen MR) is 122 cm³/mol. The van der Waals surface area contributed by atoms with Gasteiger partial charge in [-0.05, 0) is 61.9 Å². The lowest BCUT2D eigenvalue weighted by molar-refractivity contribution is -0.143. The van der Waals surface area contributed by atoms with Crippen LogP contribution in [-0.2, 0) is 11.3 Å². The van der Waals surface area contributed by atoms with Gasteiger partial charge in [-0.2, -0.15) is 4.80 Å². The summed E-state index contributed by atoms with van der Waals surface area (Å²) >= 11 is 0. The SMILES string of the molecule is COc1cc(-c2nnn(Cc3cccc(OCCN)c3)n2)ccc1OC(=O)C(C)(C)C.Cl. The Morgan fingerprint density at radius 2 is 1.91 bits per heavy atom. The molecule has 3 aromatic rings. The van der Waals surface area contributed by atoms with Crippen LogP contribution in [0.3, 0.4) is 0 Å². The molecule has 0 fully saturated rings. The average Bonchev–Trinajstić information content (AvgIpc) is 3.20. The molecule has 0 bridgehead atoms. The van der Waals surface area contributed by atoms with Gasteiger partial charge in [-0.25, -0.2) is 0 Å². The Bertz CT molecular complexity index is 1050. The zero-order valence-electron chi connectivity index (χ0n) is 18.6. The van der Waals surface area contributed by atoms with Crippen molar-refractivity contribution < 1.29 is 19.0 Å². The second-order valence-electron chi connectivity index (χ2n) is 7.93. The number of nitrogens with two attached hydrogens (primary N) is 1. The van der Waals surface area contributed by atoms with Gasteiger partial charge in [-0.15, -0.1) is 22.6 Å². The number of nitrogens with zero attached hydrogens (tertiary/aromatic N) is 4. The normalized spacial score (nSPS) is 10.9. The summed E-state index contributed by atoms with van der Waals surface area (Å²) in [6.45, 7) is 6.72. The van der Waals surface area contributed by atoms with E-state index in [9.17, 15) is 4.79 Å². The monoisotopic (exact) mass is 461 g/mol. The number of ether oxygens (including phenoxy) is 3. The highest BCUT2D eigenvalue weighted by molar-refractivity contribution is 5.85. The van der Waals surface area contributed by atoms with E-state index in [0.717, 1.165) is 11.3 Å². The molecule has 32 heavy (non-hydrogen) atoms. The van der Waals surface area contributed by atoms with E-state index in [1.807, 2.05) is 24.3 Å². The first-order valence-corrected chi connectivity index (χ1v) is 9.90. The molecule has 0 aliphatic heterocycles. The highest BCUT2D eigenvalue weighted by Gasteiger charge is 2.25. The van der Waals surface area contributed by atoms with Crippen molar-refractivity contribution in [2.45, 2.75) is 27.3 Å². The minimum atomic E-state index is -0.624. The number of tetrazole rings is 1. The van der Waals surface area contributed by atoms with E-state index in [4.69, 9.17) is 19.9 Å². The summed E-state index contributed by atoms with van der Waals surface area (Å²) in [5.41, 5.74) is 6.52. The van der Waals surface area contributed by atoms with E-state index in [0.29, 0.717) is 42.6 Å². The van der Waals surface area contributed by atoms with Crippen LogP contribution in [0.4, 0.5) is 0 Å². The molecule has 172 valence electrons. The zero-order valence-corrected chi connectivity index (χ0v) is 19.4. The number of benzene rings is 2. The molecule has 1 aromatic heterocycles. The maximum absolute atomic E-state index is 12.2. The summed E-state index contributed by atoms with van der Waals surface area (Å²) in [5.74, 6) is 1.58. The third-order valence-corrected chi connectivity index (χ3v) is 4.30. The summed E-state index contributed by atoms with van der Waals surface area (Å²) < 4.78 is 16.4. The van der Waals surface area contributed by atoms with Crippen molar-refractivity contribution in [3.63, 3.8) is 0 Å². The zero-order chi connectivity index (χ0) is 22.4. The Morgan fingerprint density at radius 3 is 2.59 bits per heavy atom. The van der Waals surface area contributed by atoms with Crippen molar-refractivity contribution in [1.29, 1.82) is 0 Å². The number of hydrogen-bond donors (Lipinski definition) is 1. The van der Waals surface area contributed by atoms with Gasteiger partial charge in [0, 0.05) is 12.1 Å². The topological polar surface area (TPSA) is 114 Å². The molecule has 9 nitrogen and oxygen atoms in total. The van der Waals surface area contributed by atoms with Crippen LogP contribution >= 0.6 is 12.4 Å². The van der Waals surface area contributed by atoms with Gasteiger partial charge in [-0.1, -0.05) is 12.1 Å². The molecular weight excluding hydrogens is 434 g/mol. The lowest BCUT2D eigenvalue weighted by atomic mass is 9.97. The van der Waals surface area contributed by atoms with Crippen molar-refractivity contribution >= 4 is 18.4 Å². The Labute approximate surface area is 193 Å². The Hall–Kier alpha value is -3.17. The summed E-state index contributed by atoms with van der Waals surface area (Å²) in [6.07, 6.45) is 0. The first-order chi connectivity index (χ1) is 14.8. The minimum Gasteiger partial charge on any atom is -0.493 e. The number of aromatic nitrogens is 4. The molecule has 0 amide bonds. The second-order valence-corrected chi connectivity index (χ2v) is 7.93. The number of methoxy groups -OCH3 is 1. The molecule has 0 aliphatic carbocycles. The van der Waals surface area contributed by atoms with Gasteiger partial charge < -0.3 is 19.9 Å². The standard InChI is InChI=1S/C22H27N5O4.ClH/c1-22(2,3)21(28)31-18-9-8-16(13-19(18)29-4)20-24-26-27(25-20)14-15-6-5-7-17(12-15)30-11-10-23;/h5-9,12-13H,10-11,14,23H2,1-4H3;1H. The molecule has 2 aromatic carbocycles. The molecular formula is C22H28ClN5O4. The Balaban J connectivity index is 0.00000363. The van der Waals surface area contributed by atoms with Crippen LogP contribution in [0.5, 0.6) is 17.2 Å². The molecule has 2 N–H and O–H groups in total. The summed E-state index contributed by atoms with van der Waals surface area (Å²) in [6, 6.07) is 12.8. The fourth-order valence-corrected chi connectivity index (χ4v) is 2.64.